The number of amides is 2. The third-order valence-corrected chi connectivity index (χ3v) is 7.42. The van der Waals surface area contributed by atoms with Gasteiger partial charge in [0, 0.05) is 13.0 Å². The second-order valence-corrected chi connectivity index (χ2v) is 9.56. The van der Waals surface area contributed by atoms with Gasteiger partial charge in [0.15, 0.2) is 0 Å². The predicted molar refractivity (Wildman–Crippen MR) is 119 cm³/mol. The summed E-state index contributed by atoms with van der Waals surface area (Å²) in [5.41, 5.74) is 3.88. The lowest BCUT2D eigenvalue weighted by molar-refractivity contribution is -0.139. The largest absolute Gasteiger partial charge is 0.390 e. The minimum Gasteiger partial charge on any atom is -0.390 e. The van der Waals surface area contributed by atoms with Crippen molar-refractivity contribution in [2.75, 3.05) is 6.54 Å². The van der Waals surface area contributed by atoms with Gasteiger partial charge in [-0.05, 0) is 47.9 Å². The number of nitrogens with one attached hydrogen (secondary N) is 1. The molecule has 3 atom stereocenters. The smallest absolute Gasteiger partial charge is 0.243 e. The van der Waals surface area contributed by atoms with Crippen LogP contribution in [0.2, 0.25) is 0 Å². The first kappa shape index (κ1) is 19.5. The summed E-state index contributed by atoms with van der Waals surface area (Å²) < 4.78 is 1.85. The molecule has 3 aromatic rings. The summed E-state index contributed by atoms with van der Waals surface area (Å²) >= 11 is 0. The molecule has 2 amide bonds. The summed E-state index contributed by atoms with van der Waals surface area (Å²) in [5.74, 6) is -0.234. The zero-order valence-electron chi connectivity index (χ0n) is 17.8. The maximum atomic E-state index is 13.4. The molecule has 1 saturated carbocycles. The SMILES string of the molecule is O=C(N[C@H]1c2ccccc2C[C@H]1O)[C@H]1CC2(CC2)CN1C(=O)Cn1cnc2ccccc21. The topological polar surface area (TPSA) is 87.5 Å². The van der Waals surface area contributed by atoms with Crippen LogP contribution in [0.3, 0.4) is 0 Å². The molecular formula is C25H26N4O3. The van der Waals surface area contributed by atoms with Crippen LogP contribution in [-0.2, 0) is 22.6 Å². The van der Waals surface area contributed by atoms with E-state index in [0.29, 0.717) is 19.4 Å². The molecule has 164 valence electrons. The van der Waals surface area contributed by atoms with Crippen LogP contribution >= 0.6 is 0 Å². The van der Waals surface area contributed by atoms with E-state index < -0.39 is 18.2 Å². The van der Waals surface area contributed by atoms with Crippen LogP contribution < -0.4 is 5.32 Å². The number of aromatic nitrogens is 2. The van der Waals surface area contributed by atoms with Crippen molar-refractivity contribution >= 4 is 22.8 Å². The van der Waals surface area contributed by atoms with Crippen molar-refractivity contribution in [2.24, 2.45) is 5.41 Å². The number of hydrogen-bond donors (Lipinski definition) is 2. The molecule has 1 saturated heterocycles. The van der Waals surface area contributed by atoms with E-state index in [1.54, 1.807) is 11.2 Å². The maximum Gasteiger partial charge on any atom is 0.243 e. The van der Waals surface area contributed by atoms with Crippen LogP contribution in [0, 0.1) is 5.41 Å². The molecule has 1 spiro atoms. The van der Waals surface area contributed by atoms with Gasteiger partial charge in [-0.25, -0.2) is 4.98 Å². The van der Waals surface area contributed by atoms with Gasteiger partial charge in [0.05, 0.1) is 29.5 Å². The van der Waals surface area contributed by atoms with Crippen LogP contribution in [0.1, 0.15) is 36.4 Å². The number of para-hydroxylation sites is 2. The molecule has 7 heteroatoms. The van der Waals surface area contributed by atoms with Crippen LogP contribution in [0.5, 0.6) is 0 Å². The van der Waals surface area contributed by atoms with Crippen LogP contribution in [0.25, 0.3) is 11.0 Å². The molecule has 2 heterocycles. The van der Waals surface area contributed by atoms with Gasteiger partial charge in [0.2, 0.25) is 11.8 Å². The molecule has 2 N–H and O–H groups in total. The zero-order valence-corrected chi connectivity index (χ0v) is 17.8. The van der Waals surface area contributed by atoms with Gasteiger partial charge in [-0.1, -0.05) is 36.4 Å². The Hall–Kier alpha value is -3.19. The van der Waals surface area contributed by atoms with Gasteiger partial charge < -0.3 is 19.9 Å². The van der Waals surface area contributed by atoms with Crippen molar-refractivity contribution in [3.8, 4) is 0 Å². The second kappa shape index (κ2) is 7.17. The molecule has 2 fully saturated rings. The second-order valence-electron chi connectivity index (χ2n) is 9.56. The molecule has 2 aliphatic carbocycles. The minimum absolute atomic E-state index is 0.0653. The lowest BCUT2D eigenvalue weighted by Crippen LogP contribution is -2.48. The van der Waals surface area contributed by atoms with Gasteiger partial charge in [-0.2, -0.15) is 0 Å². The van der Waals surface area contributed by atoms with Gasteiger partial charge in [-0.15, -0.1) is 0 Å². The van der Waals surface area contributed by atoms with Crippen molar-refractivity contribution in [3.05, 3.63) is 66.0 Å². The van der Waals surface area contributed by atoms with Crippen molar-refractivity contribution in [1.29, 1.82) is 0 Å². The number of imidazole rings is 1. The number of rotatable bonds is 4. The Bertz CT molecular complexity index is 1210. The monoisotopic (exact) mass is 430 g/mol. The first-order valence-corrected chi connectivity index (χ1v) is 11.3. The van der Waals surface area contributed by atoms with E-state index in [-0.39, 0.29) is 23.8 Å². The molecule has 7 nitrogen and oxygen atoms in total. The summed E-state index contributed by atoms with van der Waals surface area (Å²) in [6.07, 6.45) is 4.39. The minimum atomic E-state index is -0.644. The maximum absolute atomic E-state index is 13.4. The average Bonchev–Trinajstić information content (AvgIpc) is 3.12. The first-order chi connectivity index (χ1) is 15.5. The first-order valence-electron chi connectivity index (χ1n) is 11.3. The van der Waals surface area contributed by atoms with Gasteiger partial charge in [0.1, 0.15) is 12.6 Å². The average molecular weight is 431 g/mol. The number of aliphatic hydroxyl groups is 1. The summed E-state index contributed by atoms with van der Waals surface area (Å²) in [7, 11) is 0. The van der Waals surface area contributed by atoms with Crippen molar-refractivity contribution in [1.82, 2.24) is 19.8 Å². The Labute approximate surface area is 186 Å². The lowest BCUT2D eigenvalue weighted by atomic mass is 10.0. The number of carbonyl (C=O) groups excluding carboxylic acids is 2. The highest BCUT2D eigenvalue weighted by Gasteiger charge is 2.55. The fraction of sp³-hybridized carbons (Fsp3) is 0.400. The lowest BCUT2D eigenvalue weighted by Gasteiger charge is -2.27. The molecule has 0 radical (unpaired) electrons. The van der Waals surface area contributed by atoms with Crippen molar-refractivity contribution in [2.45, 2.75) is 50.4 Å². The Morgan fingerprint density at radius 1 is 1.12 bits per heavy atom. The molecule has 32 heavy (non-hydrogen) atoms. The third kappa shape index (κ3) is 3.19. The summed E-state index contributed by atoms with van der Waals surface area (Å²) in [6, 6.07) is 14.6. The number of benzene rings is 2. The molecule has 1 aromatic heterocycles. The van der Waals surface area contributed by atoms with E-state index in [0.717, 1.165) is 35.0 Å². The highest BCUT2D eigenvalue weighted by atomic mass is 16.3. The van der Waals surface area contributed by atoms with Crippen molar-refractivity contribution in [3.63, 3.8) is 0 Å². The van der Waals surface area contributed by atoms with E-state index in [1.165, 1.54) is 0 Å². The van der Waals surface area contributed by atoms with Crippen molar-refractivity contribution < 1.29 is 14.7 Å². The van der Waals surface area contributed by atoms with Crippen LogP contribution in [-0.4, -0.2) is 50.1 Å². The summed E-state index contributed by atoms with van der Waals surface area (Å²) in [6.45, 7) is 0.787. The van der Waals surface area contributed by atoms with Crippen LogP contribution in [0.15, 0.2) is 54.9 Å². The highest BCUT2D eigenvalue weighted by Crippen LogP contribution is 2.55. The number of likely N-dealkylation sites (tertiary alicyclic amines) is 1. The molecular weight excluding hydrogens is 404 g/mol. The molecule has 0 bridgehead atoms. The normalized spacial score (nSPS) is 25.3. The number of aliphatic hydroxyl groups excluding tert-OH is 1. The third-order valence-electron chi connectivity index (χ3n) is 7.42. The van der Waals surface area contributed by atoms with E-state index in [1.807, 2.05) is 53.1 Å². The summed E-state index contributed by atoms with van der Waals surface area (Å²) in [4.78, 5) is 32.8. The van der Waals surface area contributed by atoms with Crippen LogP contribution in [0.4, 0.5) is 0 Å². The fourth-order valence-corrected chi connectivity index (χ4v) is 5.46. The molecule has 6 rings (SSSR count). The highest BCUT2D eigenvalue weighted by molar-refractivity contribution is 5.89. The molecule has 2 aromatic carbocycles. The quantitative estimate of drug-likeness (QED) is 0.664. The van der Waals surface area contributed by atoms with E-state index >= 15 is 0 Å². The predicted octanol–water partition coefficient (Wildman–Crippen LogP) is 2.19. The molecule has 0 unspecified atom stereocenters. The van der Waals surface area contributed by atoms with Gasteiger partial charge >= 0.3 is 0 Å². The number of carbonyl (C=O) groups is 2. The molecule has 1 aliphatic heterocycles. The summed E-state index contributed by atoms with van der Waals surface area (Å²) in [5, 5.41) is 13.6. The Kier molecular flexibility index (Phi) is 4.37. The standard InChI is InChI=1S/C25H26N4O3/c30-21-11-16-5-1-2-6-17(16)23(21)27-24(32)20-12-25(9-10-25)14-29(20)22(31)13-28-15-26-18-7-3-4-8-19(18)28/h1-8,15,20-21,23,30H,9-14H2,(H,27,32)/t20-,21-,23+/m1/s1. The van der Waals surface area contributed by atoms with Gasteiger partial charge in [-0.3, -0.25) is 9.59 Å². The fourth-order valence-electron chi connectivity index (χ4n) is 5.46. The van der Waals surface area contributed by atoms with E-state index in [2.05, 4.69) is 10.3 Å². The number of fused-ring (bicyclic) bond motifs is 2. The molecule has 3 aliphatic rings. The van der Waals surface area contributed by atoms with E-state index in [4.69, 9.17) is 0 Å². The Balaban J connectivity index is 1.22. The Morgan fingerprint density at radius 2 is 1.91 bits per heavy atom. The van der Waals surface area contributed by atoms with E-state index in [9.17, 15) is 14.7 Å². The Morgan fingerprint density at radius 3 is 2.75 bits per heavy atom. The number of hydrogen-bond acceptors (Lipinski definition) is 4. The van der Waals surface area contributed by atoms with Gasteiger partial charge in [0.25, 0.3) is 0 Å². The zero-order chi connectivity index (χ0) is 21.9. The number of nitrogens with zero attached hydrogens (tertiary/aromatic N) is 3.